The minimum absolute atomic E-state index is 0.546. The van der Waals surface area contributed by atoms with Crippen molar-refractivity contribution >= 4 is 5.96 Å². The molecule has 0 spiro atoms. The third-order valence-electron chi connectivity index (χ3n) is 1.78. The van der Waals surface area contributed by atoms with Crippen molar-refractivity contribution in [2.45, 2.75) is 32.7 Å². The fourth-order valence-corrected chi connectivity index (χ4v) is 1.23. The van der Waals surface area contributed by atoms with Gasteiger partial charge < -0.3 is 10.6 Å². The van der Waals surface area contributed by atoms with Gasteiger partial charge in [-0.3, -0.25) is 4.99 Å². The Kier molecular flexibility index (Phi) is 3.20. The standard InChI is InChI=1S/C8H17N3/c1-3-4-7(2)11-8-9-5-6-10-8/h7H,3-6H2,1-2H3,(H2,9,10,11). The molecule has 0 saturated heterocycles. The summed E-state index contributed by atoms with van der Waals surface area (Å²) >= 11 is 0. The first-order valence-corrected chi connectivity index (χ1v) is 4.37. The van der Waals surface area contributed by atoms with Gasteiger partial charge >= 0.3 is 0 Å². The van der Waals surface area contributed by atoms with E-state index < -0.39 is 0 Å². The predicted molar refractivity (Wildman–Crippen MR) is 47.8 cm³/mol. The van der Waals surface area contributed by atoms with E-state index in [2.05, 4.69) is 29.5 Å². The molecule has 0 aromatic heterocycles. The molecule has 0 aliphatic carbocycles. The number of nitrogens with one attached hydrogen (secondary N) is 2. The molecule has 0 bridgehead atoms. The maximum atomic E-state index is 4.25. The summed E-state index contributed by atoms with van der Waals surface area (Å²) in [4.78, 5) is 4.25. The van der Waals surface area contributed by atoms with Gasteiger partial charge in [-0.05, 0) is 13.3 Å². The van der Waals surface area contributed by atoms with Crippen molar-refractivity contribution in [3.8, 4) is 0 Å². The van der Waals surface area contributed by atoms with Gasteiger partial charge in [0.05, 0.1) is 6.54 Å². The first kappa shape index (κ1) is 8.37. The van der Waals surface area contributed by atoms with Crippen molar-refractivity contribution in [1.29, 1.82) is 0 Å². The summed E-state index contributed by atoms with van der Waals surface area (Å²) in [7, 11) is 0. The Bertz CT molecular complexity index is 142. The largest absolute Gasteiger partial charge is 0.355 e. The highest BCUT2D eigenvalue weighted by Gasteiger charge is 2.06. The molecule has 64 valence electrons. The maximum Gasteiger partial charge on any atom is 0.191 e. The lowest BCUT2D eigenvalue weighted by Crippen LogP contribution is -2.39. The van der Waals surface area contributed by atoms with Crippen LogP contribution in [0.3, 0.4) is 0 Å². The third kappa shape index (κ3) is 2.78. The molecule has 0 radical (unpaired) electrons. The smallest absolute Gasteiger partial charge is 0.191 e. The summed E-state index contributed by atoms with van der Waals surface area (Å²) in [5, 5.41) is 6.50. The van der Waals surface area contributed by atoms with Crippen molar-refractivity contribution in [2.24, 2.45) is 4.99 Å². The van der Waals surface area contributed by atoms with E-state index in [-0.39, 0.29) is 0 Å². The monoisotopic (exact) mass is 155 g/mol. The molecule has 1 rings (SSSR count). The first-order valence-electron chi connectivity index (χ1n) is 4.37. The van der Waals surface area contributed by atoms with E-state index in [0.29, 0.717) is 6.04 Å². The van der Waals surface area contributed by atoms with E-state index >= 15 is 0 Å². The molecular formula is C8H17N3. The Morgan fingerprint density at radius 2 is 2.55 bits per heavy atom. The summed E-state index contributed by atoms with van der Waals surface area (Å²) in [6.07, 6.45) is 2.43. The van der Waals surface area contributed by atoms with Crippen LogP contribution < -0.4 is 10.6 Å². The predicted octanol–water partition coefficient (Wildman–Crippen LogP) is 0.724. The average Bonchev–Trinajstić information content (AvgIpc) is 2.40. The lowest BCUT2D eigenvalue weighted by Gasteiger charge is -2.13. The highest BCUT2D eigenvalue weighted by molar-refractivity contribution is 5.81. The van der Waals surface area contributed by atoms with Crippen molar-refractivity contribution in [1.82, 2.24) is 10.6 Å². The van der Waals surface area contributed by atoms with Crippen LogP contribution in [0.15, 0.2) is 4.99 Å². The van der Waals surface area contributed by atoms with E-state index in [1.54, 1.807) is 0 Å². The van der Waals surface area contributed by atoms with Gasteiger partial charge in [-0.1, -0.05) is 13.3 Å². The normalized spacial score (nSPS) is 18.9. The summed E-state index contributed by atoms with van der Waals surface area (Å²) in [6.45, 7) is 6.29. The Balaban J connectivity index is 2.18. The van der Waals surface area contributed by atoms with Crippen molar-refractivity contribution in [2.75, 3.05) is 13.1 Å². The summed E-state index contributed by atoms with van der Waals surface area (Å²) in [6, 6.07) is 0.546. The van der Waals surface area contributed by atoms with Crippen molar-refractivity contribution in [3.05, 3.63) is 0 Å². The highest BCUT2D eigenvalue weighted by atomic mass is 15.2. The zero-order chi connectivity index (χ0) is 8.10. The number of hydrogen-bond donors (Lipinski definition) is 2. The molecule has 11 heavy (non-hydrogen) atoms. The molecule has 3 nitrogen and oxygen atoms in total. The highest BCUT2D eigenvalue weighted by Crippen LogP contribution is 1.95. The van der Waals surface area contributed by atoms with Crippen LogP contribution in [0.1, 0.15) is 26.7 Å². The van der Waals surface area contributed by atoms with Gasteiger partial charge in [0.25, 0.3) is 0 Å². The van der Waals surface area contributed by atoms with E-state index in [0.717, 1.165) is 19.0 Å². The summed E-state index contributed by atoms with van der Waals surface area (Å²) in [5.41, 5.74) is 0. The van der Waals surface area contributed by atoms with E-state index in [1.807, 2.05) is 0 Å². The Labute approximate surface area is 68.3 Å². The SMILES string of the molecule is CCCC(C)NC1=NCCN1. The van der Waals surface area contributed by atoms with Crippen LogP contribution in [-0.4, -0.2) is 25.1 Å². The second-order valence-electron chi connectivity index (χ2n) is 2.99. The quantitative estimate of drug-likeness (QED) is 0.630. The number of hydrogen-bond acceptors (Lipinski definition) is 3. The molecule has 1 atom stereocenters. The fraction of sp³-hybridized carbons (Fsp3) is 0.875. The number of guanidine groups is 1. The molecule has 0 saturated carbocycles. The summed E-state index contributed by atoms with van der Waals surface area (Å²) in [5.74, 6) is 0.978. The van der Waals surface area contributed by atoms with Gasteiger partial charge in [-0.25, -0.2) is 0 Å². The Morgan fingerprint density at radius 3 is 3.09 bits per heavy atom. The van der Waals surface area contributed by atoms with Crippen LogP contribution >= 0.6 is 0 Å². The molecule has 3 heteroatoms. The molecule has 2 N–H and O–H groups in total. The van der Waals surface area contributed by atoms with E-state index in [1.165, 1.54) is 12.8 Å². The molecule has 0 fully saturated rings. The summed E-state index contributed by atoms with van der Waals surface area (Å²) < 4.78 is 0. The number of rotatable bonds is 3. The molecule has 0 amide bonds. The zero-order valence-electron chi connectivity index (χ0n) is 7.35. The van der Waals surface area contributed by atoms with Gasteiger partial charge in [-0.15, -0.1) is 0 Å². The minimum atomic E-state index is 0.546. The number of nitrogens with zero attached hydrogens (tertiary/aromatic N) is 1. The van der Waals surface area contributed by atoms with Gasteiger partial charge in [0, 0.05) is 12.6 Å². The Morgan fingerprint density at radius 1 is 1.73 bits per heavy atom. The zero-order valence-corrected chi connectivity index (χ0v) is 7.35. The molecule has 1 aliphatic heterocycles. The van der Waals surface area contributed by atoms with E-state index in [9.17, 15) is 0 Å². The molecule has 1 heterocycles. The average molecular weight is 155 g/mol. The fourth-order valence-electron chi connectivity index (χ4n) is 1.23. The lowest BCUT2D eigenvalue weighted by molar-refractivity contribution is 0.590. The van der Waals surface area contributed by atoms with Gasteiger partial charge in [0.15, 0.2) is 5.96 Å². The van der Waals surface area contributed by atoms with Gasteiger partial charge in [0.1, 0.15) is 0 Å². The first-order chi connectivity index (χ1) is 5.33. The second kappa shape index (κ2) is 4.21. The number of aliphatic imine (C=N–C) groups is 1. The maximum absolute atomic E-state index is 4.25. The van der Waals surface area contributed by atoms with E-state index in [4.69, 9.17) is 0 Å². The lowest BCUT2D eigenvalue weighted by atomic mass is 10.2. The molecular weight excluding hydrogens is 138 g/mol. The molecule has 1 unspecified atom stereocenters. The van der Waals surface area contributed by atoms with Crippen LogP contribution in [0.4, 0.5) is 0 Å². The Hall–Kier alpha value is -0.730. The van der Waals surface area contributed by atoms with Crippen LogP contribution in [0.5, 0.6) is 0 Å². The van der Waals surface area contributed by atoms with Crippen LogP contribution in [0.25, 0.3) is 0 Å². The second-order valence-corrected chi connectivity index (χ2v) is 2.99. The molecule has 0 aromatic rings. The molecule has 1 aliphatic rings. The third-order valence-corrected chi connectivity index (χ3v) is 1.78. The molecule has 0 aromatic carbocycles. The van der Waals surface area contributed by atoms with Crippen molar-refractivity contribution in [3.63, 3.8) is 0 Å². The minimum Gasteiger partial charge on any atom is -0.355 e. The van der Waals surface area contributed by atoms with Gasteiger partial charge in [0.2, 0.25) is 0 Å². The van der Waals surface area contributed by atoms with Crippen LogP contribution in [0.2, 0.25) is 0 Å². The van der Waals surface area contributed by atoms with Gasteiger partial charge in [-0.2, -0.15) is 0 Å². The topological polar surface area (TPSA) is 36.4 Å². The van der Waals surface area contributed by atoms with Crippen molar-refractivity contribution < 1.29 is 0 Å². The van der Waals surface area contributed by atoms with Crippen LogP contribution in [0, 0.1) is 0 Å². The van der Waals surface area contributed by atoms with Crippen LogP contribution in [-0.2, 0) is 0 Å².